The van der Waals surface area contributed by atoms with E-state index < -0.39 is 0 Å². The van der Waals surface area contributed by atoms with Crippen LogP contribution in [0.1, 0.15) is 21.5 Å². The number of thiophene rings is 1. The lowest BCUT2D eigenvalue weighted by atomic mass is 10.3. The van der Waals surface area contributed by atoms with Crippen molar-refractivity contribution in [1.82, 2.24) is 5.32 Å². The number of carbonyl (C=O) groups is 1. The number of amides is 1. The van der Waals surface area contributed by atoms with Gasteiger partial charge in [0.05, 0.1) is 4.88 Å². The van der Waals surface area contributed by atoms with Crippen LogP contribution in [-0.2, 0) is 6.42 Å². The van der Waals surface area contributed by atoms with Gasteiger partial charge in [-0.1, -0.05) is 19.1 Å². The van der Waals surface area contributed by atoms with Crippen LogP contribution in [0.5, 0.6) is 0 Å². The summed E-state index contributed by atoms with van der Waals surface area (Å²) >= 11 is 1.54. The maximum absolute atomic E-state index is 11.6. The first-order valence-electron chi connectivity index (χ1n) is 5.00. The van der Waals surface area contributed by atoms with Gasteiger partial charge in [-0.25, -0.2) is 0 Å². The first-order valence-corrected chi connectivity index (χ1v) is 5.81. The topological polar surface area (TPSA) is 55.1 Å². The zero-order valence-electron chi connectivity index (χ0n) is 8.82. The van der Waals surface area contributed by atoms with E-state index in [4.69, 9.17) is 5.73 Å². The molecule has 0 radical (unpaired) electrons. The van der Waals surface area contributed by atoms with Crippen LogP contribution in [0.3, 0.4) is 0 Å². The number of aryl methyl sites for hydroxylation is 1. The first-order chi connectivity index (χ1) is 7.27. The van der Waals surface area contributed by atoms with E-state index in [1.54, 1.807) is 11.3 Å². The summed E-state index contributed by atoms with van der Waals surface area (Å²) < 4.78 is 0. The van der Waals surface area contributed by atoms with Gasteiger partial charge < -0.3 is 11.1 Å². The maximum atomic E-state index is 11.6. The molecular formula is C11H16N2OS. The van der Waals surface area contributed by atoms with Gasteiger partial charge in [0.1, 0.15) is 0 Å². The zero-order chi connectivity index (χ0) is 11.1. The van der Waals surface area contributed by atoms with Crippen molar-refractivity contribution < 1.29 is 4.79 Å². The second-order valence-electron chi connectivity index (χ2n) is 3.04. The van der Waals surface area contributed by atoms with Crippen molar-refractivity contribution in [2.75, 3.05) is 13.1 Å². The fourth-order valence-electron chi connectivity index (χ4n) is 1.11. The van der Waals surface area contributed by atoms with Gasteiger partial charge in [0, 0.05) is 18.0 Å². The molecule has 0 aliphatic carbocycles. The van der Waals surface area contributed by atoms with E-state index in [9.17, 15) is 4.79 Å². The standard InChI is InChI=1S/C11H16N2OS/c1-2-9-5-6-10(15-9)11(14)13-8-4-3-7-12/h3-6H,2,7-8,12H2,1H3,(H,13,14)/b4-3+. The lowest BCUT2D eigenvalue weighted by Gasteiger charge is -1.98. The number of nitrogens with two attached hydrogens (primary N) is 1. The lowest BCUT2D eigenvalue weighted by Crippen LogP contribution is -2.22. The highest BCUT2D eigenvalue weighted by Crippen LogP contribution is 2.16. The van der Waals surface area contributed by atoms with Crippen LogP contribution in [0.15, 0.2) is 24.3 Å². The summed E-state index contributed by atoms with van der Waals surface area (Å²) in [5, 5.41) is 2.80. The van der Waals surface area contributed by atoms with Crippen LogP contribution < -0.4 is 11.1 Å². The summed E-state index contributed by atoms with van der Waals surface area (Å²) in [7, 11) is 0. The normalized spacial score (nSPS) is 10.8. The molecule has 4 heteroatoms. The van der Waals surface area contributed by atoms with Gasteiger partial charge in [-0.05, 0) is 18.6 Å². The maximum Gasteiger partial charge on any atom is 0.261 e. The lowest BCUT2D eigenvalue weighted by molar-refractivity contribution is 0.0962. The van der Waals surface area contributed by atoms with Crippen LogP contribution >= 0.6 is 11.3 Å². The molecule has 15 heavy (non-hydrogen) atoms. The first kappa shape index (κ1) is 11.9. The molecule has 0 fully saturated rings. The molecule has 1 amide bonds. The molecule has 1 heterocycles. The van der Waals surface area contributed by atoms with E-state index in [2.05, 4.69) is 12.2 Å². The number of hydrogen-bond acceptors (Lipinski definition) is 3. The minimum atomic E-state index is -0.0126. The highest BCUT2D eigenvalue weighted by atomic mass is 32.1. The molecule has 0 unspecified atom stereocenters. The van der Waals surface area contributed by atoms with Crippen LogP contribution in [0.25, 0.3) is 0 Å². The quantitative estimate of drug-likeness (QED) is 0.746. The number of nitrogens with one attached hydrogen (secondary N) is 1. The molecule has 1 aromatic rings. The van der Waals surface area contributed by atoms with E-state index in [-0.39, 0.29) is 5.91 Å². The van der Waals surface area contributed by atoms with Crippen LogP contribution in [0, 0.1) is 0 Å². The molecule has 0 bridgehead atoms. The third-order valence-corrected chi connectivity index (χ3v) is 3.15. The van der Waals surface area contributed by atoms with Gasteiger partial charge in [0.2, 0.25) is 0 Å². The summed E-state index contributed by atoms with van der Waals surface area (Å²) in [5.74, 6) is -0.0126. The summed E-state index contributed by atoms with van der Waals surface area (Å²) in [6.07, 6.45) is 4.66. The Hall–Kier alpha value is -1.13. The molecule has 0 atom stereocenters. The van der Waals surface area contributed by atoms with Gasteiger partial charge in [0.15, 0.2) is 0 Å². The van der Waals surface area contributed by atoms with Gasteiger partial charge in [-0.2, -0.15) is 0 Å². The van der Waals surface area contributed by atoms with E-state index >= 15 is 0 Å². The molecule has 0 saturated heterocycles. The van der Waals surface area contributed by atoms with Crippen molar-refractivity contribution in [2.45, 2.75) is 13.3 Å². The fourth-order valence-corrected chi connectivity index (χ4v) is 1.97. The van der Waals surface area contributed by atoms with Gasteiger partial charge in [0.25, 0.3) is 5.91 Å². The van der Waals surface area contributed by atoms with Crippen molar-refractivity contribution >= 4 is 17.2 Å². The highest BCUT2D eigenvalue weighted by molar-refractivity contribution is 7.14. The third-order valence-electron chi connectivity index (χ3n) is 1.92. The zero-order valence-corrected chi connectivity index (χ0v) is 9.64. The number of hydrogen-bond donors (Lipinski definition) is 2. The second kappa shape index (κ2) is 6.37. The molecule has 3 N–H and O–H groups in total. The number of rotatable bonds is 5. The largest absolute Gasteiger partial charge is 0.348 e. The molecule has 82 valence electrons. The third kappa shape index (κ3) is 3.85. The molecule has 1 aromatic heterocycles. The highest BCUT2D eigenvalue weighted by Gasteiger charge is 2.06. The van der Waals surface area contributed by atoms with Crippen LogP contribution in [0.2, 0.25) is 0 Å². The summed E-state index contributed by atoms with van der Waals surface area (Å²) in [6, 6.07) is 3.86. The van der Waals surface area contributed by atoms with E-state index in [1.165, 1.54) is 4.88 Å². The van der Waals surface area contributed by atoms with Crippen molar-refractivity contribution in [3.05, 3.63) is 34.0 Å². The van der Waals surface area contributed by atoms with Crippen LogP contribution in [-0.4, -0.2) is 19.0 Å². The Bertz CT molecular complexity index is 344. The average Bonchev–Trinajstić information content (AvgIpc) is 2.72. The van der Waals surface area contributed by atoms with Gasteiger partial charge in [-0.3, -0.25) is 4.79 Å². The summed E-state index contributed by atoms with van der Waals surface area (Å²) in [5.41, 5.74) is 5.28. The Balaban J connectivity index is 2.43. The summed E-state index contributed by atoms with van der Waals surface area (Å²) in [6.45, 7) is 3.13. The van der Waals surface area contributed by atoms with Crippen molar-refractivity contribution in [3.8, 4) is 0 Å². The van der Waals surface area contributed by atoms with E-state index in [0.717, 1.165) is 11.3 Å². The SMILES string of the molecule is CCc1ccc(C(=O)NC/C=C/CN)s1. The Labute approximate surface area is 94.0 Å². The smallest absolute Gasteiger partial charge is 0.261 e. The molecule has 0 aliphatic heterocycles. The average molecular weight is 224 g/mol. The molecule has 0 saturated carbocycles. The molecule has 0 aromatic carbocycles. The molecule has 1 rings (SSSR count). The van der Waals surface area contributed by atoms with Crippen molar-refractivity contribution in [1.29, 1.82) is 0 Å². The van der Waals surface area contributed by atoms with Crippen molar-refractivity contribution in [3.63, 3.8) is 0 Å². The number of carbonyl (C=O) groups excluding carboxylic acids is 1. The monoisotopic (exact) mass is 224 g/mol. The van der Waals surface area contributed by atoms with Gasteiger partial charge >= 0.3 is 0 Å². The molecule has 0 aliphatic rings. The minimum Gasteiger partial charge on any atom is -0.348 e. The van der Waals surface area contributed by atoms with Crippen molar-refractivity contribution in [2.24, 2.45) is 5.73 Å². The predicted molar refractivity (Wildman–Crippen MR) is 64.2 cm³/mol. The van der Waals surface area contributed by atoms with Crippen LogP contribution in [0.4, 0.5) is 0 Å². The van der Waals surface area contributed by atoms with E-state index in [1.807, 2.05) is 24.3 Å². The Morgan fingerprint density at radius 2 is 2.33 bits per heavy atom. The summed E-state index contributed by atoms with van der Waals surface area (Å²) in [4.78, 5) is 13.6. The fraction of sp³-hybridized carbons (Fsp3) is 0.364. The van der Waals surface area contributed by atoms with E-state index in [0.29, 0.717) is 13.1 Å². The minimum absolute atomic E-state index is 0.0126. The second-order valence-corrected chi connectivity index (χ2v) is 4.20. The Kier molecular flexibility index (Phi) is 5.07. The molecule has 0 spiro atoms. The Morgan fingerprint density at radius 1 is 1.53 bits per heavy atom. The predicted octanol–water partition coefficient (Wildman–Crippen LogP) is 1.56. The molecule has 3 nitrogen and oxygen atoms in total. The van der Waals surface area contributed by atoms with Gasteiger partial charge in [-0.15, -0.1) is 11.3 Å². The molecular weight excluding hydrogens is 208 g/mol. The Morgan fingerprint density at radius 3 is 2.93 bits per heavy atom.